The third-order valence-corrected chi connectivity index (χ3v) is 3.00. The summed E-state index contributed by atoms with van der Waals surface area (Å²) in [6.45, 7) is 4.62. The number of rotatable bonds is 5. The normalized spacial score (nSPS) is 11.3. The van der Waals surface area contributed by atoms with Gasteiger partial charge in [0.25, 0.3) is 0 Å². The Bertz CT molecular complexity index is 518. The topological polar surface area (TPSA) is 55.1 Å². The van der Waals surface area contributed by atoms with E-state index >= 15 is 0 Å². The van der Waals surface area contributed by atoms with Crippen LogP contribution >= 0.6 is 0 Å². The Balaban J connectivity index is 1.87. The number of hydrogen-bond acceptors (Lipinski definition) is 3. The fraction of sp³-hybridized carbons (Fsp3) is 0.333. The Hall–Kier alpha value is -2.10. The summed E-state index contributed by atoms with van der Waals surface area (Å²) in [5, 5.41) is 2.93. The maximum absolute atomic E-state index is 11.9. The van der Waals surface area contributed by atoms with E-state index in [0.717, 1.165) is 11.3 Å². The molecule has 0 spiro atoms. The van der Waals surface area contributed by atoms with Crippen molar-refractivity contribution >= 4 is 5.91 Å². The van der Waals surface area contributed by atoms with E-state index < -0.39 is 0 Å². The van der Waals surface area contributed by atoms with Crippen molar-refractivity contribution in [3.63, 3.8) is 0 Å². The molecule has 0 atom stereocenters. The van der Waals surface area contributed by atoms with Crippen molar-refractivity contribution in [2.75, 3.05) is 6.54 Å². The number of nitrogens with one attached hydrogen (secondary N) is 1. The van der Waals surface area contributed by atoms with Crippen LogP contribution in [0.3, 0.4) is 0 Å². The van der Waals surface area contributed by atoms with E-state index in [9.17, 15) is 4.79 Å². The molecule has 2 rings (SSSR count). The van der Waals surface area contributed by atoms with Crippen LogP contribution in [0.4, 0.5) is 0 Å². The Kier molecular flexibility index (Phi) is 4.00. The molecule has 4 nitrogen and oxygen atoms in total. The molecule has 0 aliphatic heterocycles. The van der Waals surface area contributed by atoms with Gasteiger partial charge in [0.05, 0.1) is 12.7 Å². The van der Waals surface area contributed by atoms with Gasteiger partial charge in [-0.25, -0.2) is 0 Å². The largest absolute Gasteiger partial charge is 0.469 e. The number of pyridine rings is 1. The highest BCUT2D eigenvalue weighted by Gasteiger charge is 2.24. The molecule has 2 heterocycles. The number of amides is 1. The minimum atomic E-state index is -0.214. The van der Waals surface area contributed by atoms with Crippen molar-refractivity contribution in [1.29, 1.82) is 0 Å². The number of hydrogen-bond donors (Lipinski definition) is 1. The van der Waals surface area contributed by atoms with Gasteiger partial charge in [-0.15, -0.1) is 0 Å². The van der Waals surface area contributed by atoms with Gasteiger partial charge < -0.3 is 9.73 Å². The lowest BCUT2D eigenvalue weighted by Crippen LogP contribution is -2.37. The van der Waals surface area contributed by atoms with Gasteiger partial charge >= 0.3 is 0 Å². The van der Waals surface area contributed by atoms with Crippen LogP contribution in [-0.2, 0) is 16.6 Å². The van der Waals surface area contributed by atoms with Crippen LogP contribution in [0.15, 0.2) is 47.3 Å². The first-order valence-corrected chi connectivity index (χ1v) is 6.27. The molecular formula is C15H18N2O2. The summed E-state index contributed by atoms with van der Waals surface area (Å²) in [6, 6.07) is 7.50. The summed E-state index contributed by atoms with van der Waals surface area (Å²) in [6.07, 6.45) is 5.40. The first-order valence-electron chi connectivity index (χ1n) is 6.27. The minimum Gasteiger partial charge on any atom is -0.469 e. The fourth-order valence-electron chi connectivity index (χ4n) is 1.82. The summed E-state index contributed by atoms with van der Waals surface area (Å²) in [5.41, 5.74) is 0.699. The predicted molar refractivity (Wildman–Crippen MR) is 72.7 cm³/mol. The van der Waals surface area contributed by atoms with Gasteiger partial charge in [-0.3, -0.25) is 9.78 Å². The average Bonchev–Trinajstić information content (AvgIpc) is 2.92. The van der Waals surface area contributed by atoms with Crippen LogP contribution in [0.5, 0.6) is 0 Å². The van der Waals surface area contributed by atoms with Crippen molar-refractivity contribution in [2.45, 2.75) is 25.7 Å². The lowest BCUT2D eigenvalue weighted by molar-refractivity contribution is -0.120. The molecule has 0 bridgehead atoms. The highest BCUT2D eigenvalue weighted by atomic mass is 16.3. The van der Waals surface area contributed by atoms with Crippen LogP contribution < -0.4 is 5.32 Å². The number of carbonyl (C=O) groups is 1. The second-order valence-electron chi connectivity index (χ2n) is 5.18. The number of furan rings is 1. The zero-order valence-corrected chi connectivity index (χ0v) is 11.2. The van der Waals surface area contributed by atoms with E-state index in [1.165, 1.54) is 0 Å². The molecule has 1 amide bonds. The first kappa shape index (κ1) is 13.3. The third kappa shape index (κ3) is 3.68. The van der Waals surface area contributed by atoms with E-state index in [0.29, 0.717) is 13.0 Å². The number of nitrogens with zero attached hydrogens (tertiary/aromatic N) is 1. The fourth-order valence-corrected chi connectivity index (χ4v) is 1.82. The summed E-state index contributed by atoms with van der Waals surface area (Å²) in [5.74, 6) is 0.863. The molecule has 100 valence electrons. The maximum Gasteiger partial charge on any atom is 0.224 e. The second kappa shape index (κ2) is 5.69. The highest BCUT2D eigenvalue weighted by molar-refractivity contribution is 5.78. The average molecular weight is 258 g/mol. The zero-order chi connectivity index (χ0) is 13.7. The number of carbonyl (C=O) groups excluding carboxylic acids is 1. The SMILES string of the molecule is CC(C)(CNC(=O)Cc1cccnc1)c1ccco1. The molecule has 0 unspecified atom stereocenters. The van der Waals surface area contributed by atoms with E-state index in [4.69, 9.17) is 4.42 Å². The van der Waals surface area contributed by atoms with Gasteiger partial charge in [0.1, 0.15) is 5.76 Å². The van der Waals surface area contributed by atoms with Gasteiger partial charge in [-0.1, -0.05) is 19.9 Å². The van der Waals surface area contributed by atoms with Crippen LogP contribution in [0.1, 0.15) is 25.2 Å². The first-order chi connectivity index (χ1) is 9.08. The van der Waals surface area contributed by atoms with Crippen LogP contribution in [-0.4, -0.2) is 17.4 Å². The molecule has 2 aromatic heterocycles. The van der Waals surface area contributed by atoms with Crippen LogP contribution in [0, 0.1) is 0 Å². The molecule has 2 aromatic rings. The molecule has 1 N–H and O–H groups in total. The van der Waals surface area contributed by atoms with E-state index in [-0.39, 0.29) is 11.3 Å². The monoisotopic (exact) mass is 258 g/mol. The molecule has 0 saturated carbocycles. The molecule has 0 radical (unpaired) electrons. The van der Waals surface area contributed by atoms with E-state index in [1.54, 1.807) is 18.7 Å². The smallest absolute Gasteiger partial charge is 0.224 e. The second-order valence-corrected chi connectivity index (χ2v) is 5.18. The molecule has 4 heteroatoms. The molecule has 0 aromatic carbocycles. The Morgan fingerprint density at radius 2 is 2.21 bits per heavy atom. The summed E-state index contributed by atoms with van der Waals surface area (Å²) < 4.78 is 5.39. The van der Waals surface area contributed by atoms with Crippen molar-refractivity contribution < 1.29 is 9.21 Å². The van der Waals surface area contributed by atoms with Crippen LogP contribution in [0.25, 0.3) is 0 Å². The zero-order valence-electron chi connectivity index (χ0n) is 11.2. The van der Waals surface area contributed by atoms with Gasteiger partial charge in [0.2, 0.25) is 5.91 Å². The van der Waals surface area contributed by atoms with Gasteiger partial charge in [-0.2, -0.15) is 0 Å². The summed E-state index contributed by atoms with van der Waals surface area (Å²) in [7, 11) is 0. The Labute approximate surface area is 112 Å². The van der Waals surface area contributed by atoms with E-state index in [1.807, 2.05) is 38.1 Å². The van der Waals surface area contributed by atoms with Gasteiger partial charge in [0.15, 0.2) is 0 Å². The molecule has 0 aliphatic rings. The van der Waals surface area contributed by atoms with E-state index in [2.05, 4.69) is 10.3 Å². The molecular weight excluding hydrogens is 240 g/mol. The molecule has 19 heavy (non-hydrogen) atoms. The Morgan fingerprint density at radius 1 is 1.37 bits per heavy atom. The molecule has 0 fully saturated rings. The van der Waals surface area contributed by atoms with Gasteiger partial charge in [-0.05, 0) is 23.8 Å². The standard InChI is InChI=1S/C15H18N2O2/c1-15(2,13-6-4-8-19-13)11-17-14(18)9-12-5-3-7-16-10-12/h3-8,10H,9,11H2,1-2H3,(H,17,18). The Morgan fingerprint density at radius 3 is 2.84 bits per heavy atom. The maximum atomic E-state index is 11.9. The lowest BCUT2D eigenvalue weighted by Gasteiger charge is -2.22. The molecule has 0 saturated heterocycles. The quantitative estimate of drug-likeness (QED) is 0.895. The summed E-state index contributed by atoms with van der Waals surface area (Å²) >= 11 is 0. The third-order valence-electron chi connectivity index (χ3n) is 3.00. The predicted octanol–water partition coefficient (Wildman–Crippen LogP) is 2.31. The van der Waals surface area contributed by atoms with Crippen molar-refractivity contribution in [3.8, 4) is 0 Å². The lowest BCUT2D eigenvalue weighted by atomic mass is 9.90. The highest BCUT2D eigenvalue weighted by Crippen LogP contribution is 2.22. The van der Waals surface area contributed by atoms with Crippen molar-refractivity contribution in [3.05, 3.63) is 54.2 Å². The van der Waals surface area contributed by atoms with Crippen LogP contribution in [0.2, 0.25) is 0 Å². The van der Waals surface area contributed by atoms with Crippen molar-refractivity contribution in [1.82, 2.24) is 10.3 Å². The van der Waals surface area contributed by atoms with Gasteiger partial charge in [0, 0.05) is 24.4 Å². The van der Waals surface area contributed by atoms with Crippen molar-refractivity contribution in [2.24, 2.45) is 0 Å². The number of aromatic nitrogens is 1. The minimum absolute atomic E-state index is 0.00682. The molecule has 0 aliphatic carbocycles. The summed E-state index contributed by atoms with van der Waals surface area (Å²) in [4.78, 5) is 15.9.